The van der Waals surface area contributed by atoms with E-state index < -0.39 is 0 Å². The molecule has 0 aliphatic rings. The van der Waals surface area contributed by atoms with E-state index in [2.05, 4.69) is 20.9 Å². The topological polar surface area (TPSA) is 39.2 Å². The number of carbonyl (C=O) groups is 1. The summed E-state index contributed by atoms with van der Waals surface area (Å²) in [5.41, 5.74) is 1.62. The maximum atomic E-state index is 11.6. The molecule has 2 aromatic rings. The fourth-order valence-electron chi connectivity index (χ4n) is 1.48. The van der Waals surface area contributed by atoms with Crippen molar-refractivity contribution in [2.45, 2.75) is 6.42 Å². The summed E-state index contributed by atoms with van der Waals surface area (Å²) in [6.07, 6.45) is 3.83. The van der Waals surface area contributed by atoms with Crippen LogP contribution in [0, 0.1) is 0 Å². The Bertz CT molecular complexity index is 511. The quantitative estimate of drug-likeness (QED) is 0.814. The average molecular weight is 306 g/mol. The fraction of sp³-hybridized carbons (Fsp3) is 0.143. The van der Waals surface area contributed by atoms with Crippen LogP contribution in [0.4, 0.5) is 0 Å². The van der Waals surface area contributed by atoms with E-state index in [0.29, 0.717) is 18.6 Å². The van der Waals surface area contributed by atoms with Crippen LogP contribution in [-0.4, -0.2) is 17.6 Å². The van der Waals surface area contributed by atoms with E-state index in [1.54, 1.807) is 18.3 Å². The summed E-state index contributed by atoms with van der Waals surface area (Å²) in [7, 11) is 0. The van der Waals surface area contributed by atoms with Gasteiger partial charge in [-0.25, -0.2) is 4.79 Å². The SMILES string of the molecule is O=C(OCCc1ccc(Br)cc1)c1cccnc1. The molecule has 1 aromatic carbocycles. The maximum Gasteiger partial charge on any atom is 0.339 e. The Labute approximate surface area is 114 Å². The first-order valence-corrected chi connectivity index (χ1v) is 6.36. The van der Waals surface area contributed by atoms with Gasteiger partial charge in [0.1, 0.15) is 0 Å². The van der Waals surface area contributed by atoms with E-state index in [1.165, 1.54) is 6.20 Å². The second kappa shape index (κ2) is 6.31. The second-order valence-corrected chi connectivity index (χ2v) is 4.67. The van der Waals surface area contributed by atoms with Crippen molar-refractivity contribution < 1.29 is 9.53 Å². The molecule has 0 aliphatic carbocycles. The standard InChI is InChI=1S/C14H12BrNO2/c15-13-5-3-11(4-6-13)7-9-18-14(17)12-2-1-8-16-10-12/h1-6,8,10H,7,9H2. The van der Waals surface area contributed by atoms with Gasteiger partial charge in [-0.15, -0.1) is 0 Å². The number of carbonyl (C=O) groups excluding carboxylic acids is 1. The van der Waals surface area contributed by atoms with Crippen LogP contribution in [-0.2, 0) is 11.2 Å². The average Bonchev–Trinajstić information content (AvgIpc) is 2.42. The van der Waals surface area contributed by atoms with Gasteiger partial charge < -0.3 is 4.74 Å². The van der Waals surface area contributed by atoms with Gasteiger partial charge in [-0.3, -0.25) is 4.98 Å². The van der Waals surface area contributed by atoms with Gasteiger partial charge in [0.2, 0.25) is 0 Å². The molecule has 92 valence electrons. The van der Waals surface area contributed by atoms with Crippen molar-refractivity contribution in [3.63, 3.8) is 0 Å². The lowest BCUT2D eigenvalue weighted by Crippen LogP contribution is -2.08. The van der Waals surface area contributed by atoms with Crippen LogP contribution in [0.15, 0.2) is 53.3 Å². The van der Waals surface area contributed by atoms with Crippen LogP contribution in [0.3, 0.4) is 0 Å². The van der Waals surface area contributed by atoms with Crippen molar-refractivity contribution in [1.29, 1.82) is 0 Å². The smallest absolute Gasteiger partial charge is 0.339 e. The van der Waals surface area contributed by atoms with Crippen molar-refractivity contribution >= 4 is 21.9 Å². The number of halogens is 1. The molecule has 0 N–H and O–H groups in total. The minimum absolute atomic E-state index is 0.333. The Morgan fingerprint density at radius 2 is 2.00 bits per heavy atom. The molecule has 3 nitrogen and oxygen atoms in total. The summed E-state index contributed by atoms with van der Waals surface area (Å²) in [6, 6.07) is 11.3. The third-order valence-corrected chi connectivity index (χ3v) is 2.96. The summed E-state index contributed by atoms with van der Waals surface area (Å²) in [5, 5.41) is 0. The molecular formula is C14H12BrNO2. The summed E-state index contributed by atoms with van der Waals surface area (Å²) >= 11 is 3.38. The van der Waals surface area contributed by atoms with Gasteiger partial charge in [-0.2, -0.15) is 0 Å². The molecule has 1 heterocycles. The predicted octanol–water partition coefficient (Wildman–Crippen LogP) is 3.24. The van der Waals surface area contributed by atoms with Gasteiger partial charge >= 0.3 is 5.97 Å². The molecule has 0 unspecified atom stereocenters. The zero-order valence-corrected chi connectivity index (χ0v) is 11.3. The van der Waals surface area contributed by atoms with Crippen LogP contribution in [0.25, 0.3) is 0 Å². The first kappa shape index (κ1) is 12.8. The van der Waals surface area contributed by atoms with E-state index >= 15 is 0 Å². The minimum Gasteiger partial charge on any atom is -0.462 e. The van der Waals surface area contributed by atoms with E-state index in [1.807, 2.05) is 24.3 Å². The summed E-state index contributed by atoms with van der Waals surface area (Å²) < 4.78 is 6.21. The number of hydrogen-bond donors (Lipinski definition) is 0. The predicted molar refractivity (Wildman–Crippen MR) is 72.4 cm³/mol. The van der Waals surface area contributed by atoms with E-state index in [-0.39, 0.29) is 5.97 Å². The zero-order chi connectivity index (χ0) is 12.8. The molecule has 4 heteroatoms. The summed E-state index contributed by atoms with van der Waals surface area (Å²) in [5.74, 6) is -0.333. The first-order valence-electron chi connectivity index (χ1n) is 5.57. The monoisotopic (exact) mass is 305 g/mol. The zero-order valence-electron chi connectivity index (χ0n) is 9.67. The molecule has 0 fully saturated rings. The Hall–Kier alpha value is -1.68. The summed E-state index contributed by atoms with van der Waals surface area (Å²) in [4.78, 5) is 15.5. The summed E-state index contributed by atoms with van der Waals surface area (Å²) in [6.45, 7) is 0.370. The van der Waals surface area contributed by atoms with Crippen LogP contribution in [0.1, 0.15) is 15.9 Å². The van der Waals surface area contributed by atoms with Gasteiger partial charge in [-0.05, 0) is 29.8 Å². The van der Waals surface area contributed by atoms with Crippen molar-refractivity contribution in [3.05, 3.63) is 64.4 Å². The van der Waals surface area contributed by atoms with Crippen LogP contribution in [0.5, 0.6) is 0 Å². The largest absolute Gasteiger partial charge is 0.462 e. The number of esters is 1. The Kier molecular flexibility index (Phi) is 4.47. The molecule has 0 aliphatic heterocycles. The lowest BCUT2D eigenvalue weighted by Gasteiger charge is -2.04. The normalized spacial score (nSPS) is 10.1. The third kappa shape index (κ3) is 3.67. The maximum absolute atomic E-state index is 11.6. The van der Waals surface area contributed by atoms with Crippen molar-refractivity contribution in [2.75, 3.05) is 6.61 Å². The second-order valence-electron chi connectivity index (χ2n) is 3.75. The van der Waals surface area contributed by atoms with E-state index in [4.69, 9.17) is 4.74 Å². The third-order valence-electron chi connectivity index (χ3n) is 2.43. The molecule has 0 bridgehead atoms. The molecule has 0 amide bonds. The van der Waals surface area contributed by atoms with Crippen LogP contribution < -0.4 is 0 Å². The van der Waals surface area contributed by atoms with Crippen molar-refractivity contribution in [2.24, 2.45) is 0 Å². The Balaban J connectivity index is 1.82. The molecule has 0 saturated heterocycles. The van der Waals surface area contributed by atoms with Gasteiger partial charge in [0.15, 0.2) is 0 Å². The molecule has 18 heavy (non-hydrogen) atoms. The minimum atomic E-state index is -0.333. The molecule has 0 spiro atoms. The van der Waals surface area contributed by atoms with Crippen molar-refractivity contribution in [1.82, 2.24) is 4.98 Å². The van der Waals surface area contributed by atoms with Crippen LogP contribution >= 0.6 is 15.9 Å². The molecule has 2 rings (SSSR count). The highest BCUT2D eigenvalue weighted by Gasteiger charge is 2.06. The number of hydrogen-bond acceptors (Lipinski definition) is 3. The number of rotatable bonds is 4. The number of aromatic nitrogens is 1. The Morgan fingerprint density at radius 3 is 2.67 bits per heavy atom. The number of pyridine rings is 1. The van der Waals surface area contributed by atoms with Crippen molar-refractivity contribution in [3.8, 4) is 0 Å². The van der Waals surface area contributed by atoms with Crippen LogP contribution in [0.2, 0.25) is 0 Å². The molecule has 1 aromatic heterocycles. The number of nitrogens with zero attached hydrogens (tertiary/aromatic N) is 1. The molecule has 0 atom stereocenters. The molecule has 0 saturated carbocycles. The lowest BCUT2D eigenvalue weighted by atomic mass is 10.2. The fourth-order valence-corrected chi connectivity index (χ4v) is 1.74. The first-order chi connectivity index (χ1) is 8.75. The molecule has 0 radical (unpaired) electrons. The molecular weight excluding hydrogens is 294 g/mol. The lowest BCUT2D eigenvalue weighted by molar-refractivity contribution is 0.0509. The van der Waals surface area contributed by atoms with Gasteiger partial charge in [0, 0.05) is 23.3 Å². The van der Waals surface area contributed by atoms with E-state index in [0.717, 1.165) is 10.0 Å². The number of ether oxygens (including phenoxy) is 1. The highest BCUT2D eigenvalue weighted by atomic mass is 79.9. The van der Waals surface area contributed by atoms with Gasteiger partial charge in [0.05, 0.1) is 12.2 Å². The number of benzene rings is 1. The van der Waals surface area contributed by atoms with E-state index in [9.17, 15) is 4.79 Å². The highest BCUT2D eigenvalue weighted by Crippen LogP contribution is 2.11. The highest BCUT2D eigenvalue weighted by molar-refractivity contribution is 9.10. The van der Waals surface area contributed by atoms with Gasteiger partial charge in [0.25, 0.3) is 0 Å². The Morgan fingerprint density at radius 1 is 1.22 bits per heavy atom. The van der Waals surface area contributed by atoms with Gasteiger partial charge in [-0.1, -0.05) is 28.1 Å².